The van der Waals surface area contributed by atoms with E-state index in [-0.39, 0.29) is 5.78 Å². The molecule has 23 heavy (non-hydrogen) atoms. The molecule has 0 aromatic heterocycles. The van der Waals surface area contributed by atoms with E-state index in [1.807, 2.05) is 54.6 Å². The Kier molecular flexibility index (Phi) is 4.53. The number of carbonyl (C=O) groups is 1. The first-order valence-corrected chi connectivity index (χ1v) is 7.71. The Labute approximate surface area is 136 Å². The number of ketones is 1. The van der Waals surface area contributed by atoms with Crippen LogP contribution in [-0.2, 0) is 6.54 Å². The van der Waals surface area contributed by atoms with Gasteiger partial charge in [-0.3, -0.25) is 4.79 Å². The summed E-state index contributed by atoms with van der Waals surface area (Å²) in [6, 6.07) is 25.4. The molecular formula is C21H19NO. The van der Waals surface area contributed by atoms with E-state index in [0.29, 0.717) is 11.1 Å². The van der Waals surface area contributed by atoms with Crippen LogP contribution in [0.2, 0.25) is 0 Å². The van der Waals surface area contributed by atoms with Gasteiger partial charge in [0.1, 0.15) is 0 Å². The van der Waals surface area contributed by atoms with E-state index in [1.54, 1.807) is 0 Å². The molecule has 0 aliphatic carbocycles. The summed E-state index contributed by atoms with van der Waals surface area (Å²) in [5, 5.41) is 3.38. The number of benzene rings is 3. The van der Waals surface area contributed by atoms with E-state index in [4.69, 9.17) is 0 Å². The Morgan fingerprint density at radius 1 is 0.783 bits per heavy atom. The second-order valence-corrected chi connectivity index (χ2v) is 5.61. The molecule has 0 radical (unpaired) electrons. The van der Waals surface area contributed by atoms with Crippen molar-refractivity contribution < 1.29 is 4.79 Å². The van der Waals surface area contributed by atoms with Crippen LogP contribution < -0.4 is 5.32 Å². The average molecular weight is 301 g/mol. The molecular weight excluding hydrogens is 282 g/mol. The molecule has 0 saturated carbocycles. The van der Waals surface area contributed by atoms with E-state index in [9.17, 15) is 4.79 Å². The third-order valence-electron chi connectivity index (χ3n) is 3.80. The van der Waals surface area contributed by atoms with Crippen molar-refractivity contribution in [2.45, 2.75) is 13.5 Å². The zero-order valence-electron chi connectivity index (χ0n) is 13.1. The zero-order chi connectivity index (χ0) is 16.1. The van der Waals surface area contributed by atoms with Gasteiger partial charge in [0.15, 0.2) is 5.78 Å². The number of rotatable bonds is 5. The lowest BCUT2D eigenvalue weighted by atomic mass is 10.0. The number of aryl methyl sites for hydroxylation is 1. The normalized spacial score (nSPS) is 10.3. The van der Waals surface area contributed by atoms with Crippen molar-refractivity contribution in [1.82, 2.24) is 0 Å². The maximum Gasteiger partial charge on any atom is 0.193 e. The molecule has 0 spiro atoms. The summed E-state index contributed by atoms with van der Waals surface area (Å²) >= 11 is 0. The maximum atomic E-state index is 12.3. The number of hydrogen-bond donors (Lipinski definition) is 1. The SMILES string of the molecule is Cc1ccc(CNc2ccc(C(=O)c3ccccc3)cc2)cc1. The fourth-order valence-electron chi connectivity index (χ4n) is 2.41. The van der Waals surface area contributed by atoms with Gasteiger partial charge >= 0.3 is 0 Å². The Bertz CT molecular complexity index is 774. The molecule has 0 bridgehead atoms. The predicted molar refractivity (Wildman–Crippen MR) is 94.8 cm³/mol. The van der Waals surface area contributed by atoms with E-state index >= 15 is 0 Å². The Morgan fingerprint density at radius 2 is 1.39 bits per heavy atom. The van der Waals surface area contributed by atoms with Crippen molar-refractivity contribution in [2.24, 2.45) is 0 Å². The van der Waals surface area contributed by atoms with Gasteiger partial charge in [0.25, 0.3) is 0 Å². The lowest BCUT2D eigenvalue weighted by molar-refractivity contribution is 0.103. The first kappa shape index (κ1) is 15.0. The van der Waals surface area contributed by atoms with Crippen LogP contribution in [0.5, 0.6) is 0 Å². The number of nitrogens with one attached hydrogen (secondary N) is 1. The minimum absolute atomic E-state index is 0.0516. The minimum Gasteiger partial charge on any atom is -0.381 e. The summed E-state index contributed by atoms with van der Waals surface area (Å²) in [4.78, 5) is 12.3. The average Bonchev–Trinajstić information content (AvgIpc) is 2.62. The molecule has 0 amide bonds. The summed E-state index contributed by atoms with van der Waals surface area (Å²) in [5.41, 5.74) is 4.93. The standard InChI is InChI=1S/C21H19NO/c1-16-7-9-17(10-8-16)15-22-20-13-11-19(12-14-20)21(23)18-5-3-2-4-6-18/h2-14,22H,15H2,1H3. The van der Waals surface area contributed by atoms with E-state index in [1.165, 1.54) is 11.1 Å². The highest BCUT2D eigenvalue weighted by molar-refractivity contribution is 6.09. The molecule has 0 unspecified atom stereocenters. The molecule has 3 aromatic rings. The lowest BCUT2D eigenvalue weighted by Crippen LogP contribution is -2.02. The van der Waals surface area contributed by atoms with Gasteiger partial charge in [0, 0.05) is 23.4 Å². The third-order valence-corrected chi connectivity index (χ3v) is 3.80. The van der Waals surface area contributed by atoms with Crippen molar-refractivity contribution in [2.75, 3.05) is 5.32 Å². The third kappa shape index (κ3) is 3.86. The van der Waals surface area contributed by atoms with Gasteiger partial charge in [-0.05, 0) is 36.8 Å². The fraction of sp³-hybridized carbons (Fsp3) is 0.0952. The van der Waals surface area contributed by atoms with Crippen LogP contribution in [0.4, 0.5) is 5.69 Å². The van der Waals surface area contributed by atoms with Gasteiger partial charge in [0.05, 0.1) is 0 Å². The highest BCUT2D eigenvalue weighted by Gasteiger charge is 2.07. The second kappa shape index (κ2) is 6.93. The Balaban J connectivity index is 1.65. The van der Waals surface area contributed by atoms with Crippen LogP contribution in [0.1, 0.15) is 27.0 Å². The highest BCUT2D eigenvalue weighted by atomic mass is 16.1. The molecule has 1 N–H and O–H groups in total. The predicted octanol–water partition coefficient (Wildman–Crippen LogP) is 4.84. The topological polar surface area (TPSA) is 29.1 Å². The van der Waals surface area contributed by atoms with Crippen molar-refractivity contribution >= 4 is 11.5 Å². The Morgan fingerprint density at radius 3 is 2.04 bits per heavy atom. The van der Waals surface area contributed by atoms with Crippen LogP contribution in [0.3, 0.4) is 0 Å². The summed E-state index contributed by atoms with van der Waals surface area (Å²) in [6.07, 6.45) is 0. The van der Waals surface area contributed by atoms with Gasteiger partial charge in [-0.1, -0.05) is 60.2 Å². The van der Waals surface area contributed by atoms with Crippen molar-refractivity contribution in [1.29, 1.82) is 0 Å². The van der Waals surface area contributed by atoms with Gasteiger partial charge < -0.3 is 5.32 Å². The van der Waals surface area contributed by atoms with Gasteiger partial charge in [-0.2, -0.15) is 0 Å². The van der Waals surface area contributed by atoms with E-state index < -0.39 is 0 Å². The number of anilines is 1. The first-order valence-electron chi connectivity index (χ1n) is 7.71. The zero-order valence-corrected chi connectivity index (χ0v) is 13.1. The van der Waals surface area contributed by atoms with Crippen LogP contribution >= 0.6 is 0 Å². The molecule has 2 nitrogen and oxygen atoms in total. The van der Waals surface area contributed by atoms with E-state index in [0.717, 1.165) is 12.2 Å². The summed E-state index contributed by atoms with van der Waals surface area (Å²) < 4.78 is 0. The molecule has 3 rings (SSSR count). The molecule has 3 aromatic carbocycles. The molecule has 0 aliphatic rings. The lowest BCUT2D eigenvalue weighted by Gasteiger charge is -2.08. The fourth-order valence-corrected chi connectivity index (χ4v) is 2.41. The molecule has 0 fully saturated rings. The molecule has 0 saturated heterocycles. The monoisotopic (exact) mass is 301 g/mol. The quantitative estimate of drug-likeness (QED) is 0.683. The largest absolute Gasteiger partial charge is 0.381 e. The van der Waals surface area contributed by atoms with Crippen molar-refractivity contribution in [3.63, 3.8) is 0 Å². The molecule has 0 aliphatic heterocycles. The summed E-state index contributed by atoms with van der Waals surface area (Å²) in [7, 11) is 0. The van der Waals surface area contributed by atoms with E-state index in [2.05, 4.69) is 36.5 Å². The van der Waals surface area contributed by atoms with Crippen molar-refractivity contribution in [3.05, 3.63) is 101 Å². The Hall–Kier alpha value is -2.87. The summed E-state index contributed by atoms with van der Waals surface area (Å²) in [5.74, 6) is 0.0516. The number of carbonyl (C=O) groups excluding carboxylic acids is 1. The molecule has 2 heteroatoms. The van der Waals surface area contributed by atoms with Crippen LogP contribution in [0.15, 0.2) is 78.9 Å². The smallest absolute Gasteiger partial charge is 0.193 e. The van der Waals surface area contributed by atoms with Crippen LogP contribution in [-0.4, -0.2) is 5.78 Å². The minimum atomic E-state index is 0.0516. The van der Waals surface area contributed by atoms with Gasteiger partial charge in [-0.15, -0.1) is 0 Å². The maximum absolute atomic E-state index is 12.3. The van der Waals surface area contributed by atoms with Crippen LogP contribution in [0, 0.1) is 6.92 Å². The first-order chi connectivity index (χ1) is 11.2. The highest BCUT2D eigenvalue weighted by Crippen LogP contribution is 2.15. The second-order valence-electron chi connectivity index (χ2n) is 5.61. The van der Waals surface area contributed by atoms with Crippen LogP contribution in [0.25, 0.3) is 0 Å². The molecule has 0 heterocycles. The summed E-state index contributed by atoms with van der Waals surface area (Å²) in [6.45, 7) is 2.85. The van der Waals surface area contributed by atoms with Gasteiger partial charge in [0.2, 0.25) is 0 Å². The van der Waals surface area contributed by atoms with Crippen molar-refractivity contribution in [3.8, 4) is 0 Å². The molecule has 0 atom stereocenters. The molecule has 114 valence electrons. The van der Waals surface area contributed by atoms with Gasteiger partial charge in [-0.25, -0.2) is 0 Å². The number of hydrogen-bond acceptors (Lipinski definition) is 2.